The molecule has 0 aliphatic heterocycles. The van der Waals surface area contributed by atoms with Crippen molar-refractivity contribution in [2.24, 2.45) is 0 Å². The third-order valence-corrected chi connectivity index (χ3v) is 12.1. The minimum Gasteiger partial charge on any atom is -0.462 e. The van der Waals surface area contributed by atoms with Crippen molar-refractivity contribution in [3.8, 4) is 0 Å². The third-order valence-electron chi connectivity index (χ3n) is 10.6. The van der Waals surface area contributed by atoms with Crippen molar-refractivity contribution >= 4 is 27.6 Å². The van der Waals surface area contributed by atoms with Gasteiger partial charge in [0.25, 0.3) is 0 Å². The van der Waals surface area contributed by atoms with Gasteiger partial charge in [0, 0.05) is 12.8 Å². The molecule has 1 aliphatic carbocycles. The summed E-state index contributed by atoms with van der Waals surface area (Å²) in [5.41, 5.74) is 0. The average Bonchev–Trinajstić information content (AvgIpc) is 3.26. The van der Waals surface area contributed by atoms with Crippen LogP contribution < -0.4 is 0 Å². The first-order chi connectivity index (χ1) is 31.1. The summed E-state index contributed by atoms with van der Waals surface area (Å²) < 4.78 is 49.4. The van der Waals surface area contributed by atoms with E-state index < -0.39 is 83.5 Å². The molecule has 0 aromatic carbocycles. The van der Waals surface area contributed by atoms with Crippen molar-refractivity contribution in [3.63, 3.8) is 0 Å². The standard InChI is InChI=1S/C47H82O16P2/c1-3-5-7-9-11-13-15-17-19-20-22-24-26-28-30-32-34-36-41(49)61-39(37-59-40(48)35-33-31-29-27-25-23-21-18-16-14-12-10-8-6-4-2)38-60-65(57,58)63-47-44(52)42(50)43(51)46(45(47)53)62-64(54,55)56/h5,7,11,13-14,16-17,19,22,24,39,42-47,50-53H,3-4,6,8-10,12,15,18,20-21,23,25-38H2,1-2H3,(H,57,58)(H2,54,55,56)/t39-,42?,43?,44?,45?,46-,47+/m1/s1. The predicted octanol–water partition coefficient (Wildman–Crippen LogP) is 9.06. The van der Waals surface area contributed by atoms with Gasteiger partial charge in [0.05, 0.1) is 6.61 Å². The first-order valence-electron chi connectivity index (χ1n) is 23.8. The van der Waals surface area contributed by atoms with E-state index in [2.05, 4.69) is 79.1 Å². The number of hydrogen-bond donors (Lipinski definition) is 7. The number of phosphoric ester groups is 2. The SMILES string of the molecule is CCC=CCC=CCC=CCC=CCCCCCCC(=O)O[C@H](COC(=O)CCCCCCCCCC=CCCCCCC)COP(=O)(O)O[C@H]1C(O)C(O)C(O)[C@@H](OP(=O)(O)O)C1O. The predicted molar refractivity (Wildman–Crippen MR) is 250 cm³/mol. The quantitative estimate of drug-likeness (QED) is 0.0131. The van der Waals surface area contributed by atoms with E-state index >= 15 is 0 Å². The molecule has 8 atom stereocenters. The van der Waals surface area contributed by atoms with Crippen molar-refractivity contribution < 1.29 is 76.9 Å². The van der Waals surface area contributed by atoms with E-state index in [9.17, 15) is 53.8 Å². The molecule has 0 amide bonds. The van der Waals surface area contributed by atoms with E-state index in [1.807, 2.05) is 0 Å². The number of allylic oxidation sites excluding steroid dienone is 10. The Morgan fingerprint density at radius 2 is 0.938 bits per heavy atom. The second-order valence-electron chi connectivity index (χ2n) is 16.4. The number of phosphoric acid groups is 2. The minimum atomic E-state index is -5.37. The summed E-state index contributed by atoms with van der Waals surface area (Å²) in [6.45, 7) is 2.96. The number of carbonyl (C=O) groups is 2. The fraction of sp³-hybridized carbons (Fsp3) is 0.745. The zero-order valence-corrected chi connectivity index (χ0v) is 40.7. The van der Waals surface area contributed by atoms with Crippen molar-refractivity contribution in [1.29, 1.82) is 0 Å². The van der Waals surface area contributed by atoms with Crippen LogP contribution in [0.5, 0.6) is 0 Å². The van der Waals surface area contributed by atoms with Crippen LogP contribution in [0.4, 0.5) is 0 Å². The summed E-state index contributed by atoms with van der Waals surface area (Å²) >= 11 is 0. The largest absolute Gasteiger partial charge is 0.472 e. The van der Waals surface area contributed by atoms with Gasteiger partial charge in [-0.1, -0.05) is 139 Å². The zero-order valence-electron chi connectivity index (χ0n) is 38.9. The van der Waals surface area contributed by atoms with Crippen molar-refractivity contribution in [1.82, 2.24) is 0 Å². The Bertz CT molecular complexity index is 1490. The van der Waals surface area contributed by atoms with Gasteiger partial charge in [-0.2, -0.15) is 0 Å². The van der Waals surface area contributed by atoms with Gasteiger partial charge in [0.1, 0.15) is 43.2 Å². The van der Waals surface area contributed by atoms with E-state index in [0.717, 1.165) is 103 Å². The number of unbranched alkanes of at least 4 members (excludes halogenated alkanes) is 15. The number of aliphatic hydroxyl groups excluding tert-OH is 4. The van der Waals surface area contributed by atoms with E-state index in [4.69, 9.17) is 18.5 Å². The van der Waals surface area contributed by atoms with Crippen LogP contribution in [-0.4, -0.2) is 103 Å². The summed E-state index contributed by atoms with van der Waals surface area (Å²) in [5.74, 6) is -1.24. The molecule has 0 spiro atoms. The molecule has 18 heteroatoms. The Hall–Kier alpha value is -2.30. The van der Waals surface area contributed by atoms with Gasteiger partial charge in [0.2, 0.25) is 0 Å². The van der Waals surface area contributed by atoms with Crippen molar-refractivity contribution in [3.05, 3.63) is 60.8 Å². The molecule has 1 aliphatic rings. The normalized spacial score (nSPS) is 22.2. The lowest BCUT2D eigenvalue weighted by Gasteiger charge is -2.43. The summed E-state index contributed by atoms with van der Waals surface area (Å²) in [4.78, 5) is 54.3. The zero-order chi connectivity index (χ0) is 48.2. The first kappa shape index (κ1) is 60.7. The molecule has 0 bridgehead atoms. The Kier molecular flexibility index (Phi) is 35.2. The van der Waals surface area contributed by atoms with Gasteiger partial charge in [-0.15, -0.1) is 0 Å². The number of ether oxygens (including phenoxy) is 2. The molecule has 5 unspecified atom stereocenters. The number of hydrogen-bond acceptors (Lipinski definition) is 13. The van der Waals surface area contributed by atoms with Crippen LogP contribution in [0.15, 0.2) is 60.8 Å². The lowest BCUT2D eigenvalue weighted by atomic mass is 9.85. The molecule has 0 saturated heterocycles. The van der Waals surface area contributed by atoms with Crippen molar-refractivity contribution in [2.45, 2.75) is 211 Å². The molecule has 0 heterocycles. The molecular formula is C47H82O16P2. The summed E-state index contributed by atoms with van der Waals surface area (Å²) in [7, 11) is -10.7. The van der Waals surface area contributed by atoms with Crippen LogP contribution in [0.2, 0.25) is 0 Å². The number of carbonyl (C=O) groups excluding carboxylic acids is 2. The maximum atomic E-state index is 13.0. The number of aliphatic hydroxyl groups is 4. The van der Waals surface area contributed by atoms with Gasteiger partial charge in [0.15, 0.2) is 6.10 Å². The summed E-state index contributed by atoms with van der Waals surface area (Å²) in [6, 6.07) is 0. The van der Waals surface area contributed by atoms with Crippen LogP contribution in [0.3, 0.4) is 0 Å². The molecule has 1 rings (SSSR count). The van der Waals surface area contributed by atoms with Gasteiger partial charge in [-0.3, -0.25) is 23.2 Å². The lowest BCUT2D eigenvalue weighted by molar-refractivity contribution is -0.216. The molecule has 16 nitrogen and oxygen atoms in total. The smallest absolute Gasteiger partial charge is 0.462 e. The fourth-order valence-electron chi connectivity index (χ4n) is 6.89. The monoisotopic (exact) mass is 965 g/mol. The highest BCUT2D eigenvalue weighted by molar-refractivity contribution is 7.47. The molecule has 0 radical (unpaired) electrons. The maximum Gasteiger partial charge on any atom is 0.472 e. The van der Waals surface area contributed by atoms with Crippen molar-refractivity contribution in [2.75, 3.05) is 13.2 Å². The van der Waals surface area contributed by atoms with E-state index in [1.54, 1.807) is 0 Å². The molecule has 0 aromatic heterocycles. The summed E-state index contributed by atoms with van der Waals surface area (Å²) in [5, 5.41) is 41.2. The van der Waals surface area contributed by atoms with Crippen LogP contribution in [-0.2, 0) is 41.8 Å². The number of esters is 2. The molecule has 376 valence electrons. The lowest BCUT2D eigenvalue weighted by Crippen LogP contribution is -2.64. The van der Waals surface area contributed by atoms with Gasteiger partial charge in [-0.05, 0) is 77.0 Å². The third kappa shape index (κ3) is 32.2. The number of rotatable bonds is 39. The van der Waals surface area contributed by atoms with Gasteiger partial charge >= 0.3 is 27.6 Å². The second-order valence-corrected chi connectivity index (χ2v) is 19.0. The average molecular weight is 965 g/mol. The fourth-order valence-corrected chi connectivity index (χ4v) is 8.43. The van der Waals surface area contributed by atoms with Gasteiger partial charge in [-0.25, -0.2) is 9.13 Å². The van der Waals surface area contributed by atoms with Gasteiger partial charge < -0.3 is 44.6 Å². The minimum absolute atomic E-state index is 0.0131. The Labute approximate surface area is 388 Å². The molecule has 7 N–H and O–H groups in total. The molecule has 1 fully saturated rings. The van der Waals surface area contributed by atoms with Crippen LogP contribution >= 0.6 is 15.6 Å². The molecule has 1 saturated carbocycles. The molecule has 65 heavy (non-hydrogen) atoms. The van der Waals surface area contributed by atoms with E-state index in [-0.39, 0.29) is 12.8 Å². The van der Waals surface area contributed by atoms with E-state index in [1.165, 1.54) is 25.7 Å². The highest BCUT2D eigenvalue weighted by atomic mass is 31.2. The highest BCUT2D eigenvalue weighted by Gasteiger charge is 2.54. The Morgan fingerprint density at radius 1 is 0.508 bits per heavy atom. The Balaban J connectivity index is 2.61. The maximum absolute atomic E-state index is 13.0. The van der Waals surface area contributed by atoms with Crippen LogP contribution in [0, 0.1) is 0 Å². The van der Waals surface area contributed by atoms with E-state index in [0.29, 0.717) is 12.8 Å². The topological polar surface area (TPSA) is 256 Å². The summed E-state index contributed by atoms with van der Waals surface area (Å²) in [6.07, 6.45) is 28.9. The highest BCUT2D eigenvalue weighted by Crippen LogP contribution is 2.49. The second kappa shape index (κ2) is 37.7. The molecule has 0 aromatic rings. The Morgan fingerprint density at radius 3 is 1.45 bits per heavy atom. The first-order valence-corrected chi connectivity index (χ1v) is 26.9. The van der Waals surface area contributed by atoms with Crippen LogP contribution in [0.25, 0.3) is 0 Å². The molecular weight excluding hydrogens is 882 g/mol. The van der Waals surface area contributed by atoms with Crippen LogP contribution in [0.1, 0.15) is 168 Å².